The number of hydrogen-bond acceptors (Lipinski definition) is 5. The summed E-state index contributed by atoms with van der Waals surface area (Å²) in [6.45, 7) is 1.86. The van der Waals surface area contributed by atoms with Crippen LogP contribution < -0.4 is 15.4 Å². The minimum absolute atomic E-state index is 0.340. The molecule has 5 nitrogen and oxygen atoms in total. The van der Waals surface area contributed by atoms with E-state index in [1.807, 2.05) is 61.5 Å². The summed E-state index contributed by atoms with van der Waals surface area (Å²) in [5, 5.41) is 6.15. The van der Waals surface area contributed by atoms with Gasteiger partial charge < -0.3 is 15.4 Å². The van der Waals surface area contributed by atoms with E-state index in [9.17, 15) is 4.39 Å². The Hall–Kier alpha value is -3.93. The summed E-state index contributed by atoms with van der Waals surface area (Å²) in [5.74, 6) is 2.09. The fourth-order valence-electron chi connectivity index (χ4n) is 2.75. The molecule has 0 spiro atoms. The van der Waals surface area contributed by atoms with Gasteiger partial charge in [-0.3, -0.25) is 0 Å². The Labute approximate surface area is 168 Å². The number of anilines is 4. The molecule has 0 saturated heterocycles. The number of ether oxygens (including phenoxy) is 1. The van der Waals surface area contributed by atoms with Crippen LogP contribution in [0.15, 0.2) is 84.9 Å². The molecule has 144 valence electrons. The molecule has 0 unspecified atom stereocenters. The summed E-state index contributed by atoms with van der Waals surface area (Å²) in [6.07, 6.45) is 0. The van der Waals surface area contributed by atoms with E-state index < -0.39 is 0 Å². The lowest BCUT2D eigenvalue weighted by Crippen LogP contribution is -2.03. The van der Waals surface area contributed by atoms with E-state index in [4.69, 9.17) is 4.74 Å². The zero-order chi connectivity index (χ0) is 20.1. The van der Waals surface area contributed by atoms with Gasteiger partial charge in [-0.15, -0.1) is 0 Å². The highest BCUT2D eigenvalue weighted by Gasteiger charge is 2.06. The summed E-state index contributed by atoms with van der Waals surface area (Å²) in [6, 6.07) is 25.3. The van der Waals surface area contributed by atoms with Crippen molar-refractivity contribution in [3.05, 3.63) is 96.4 Å². The van der Waals surface area contributed by atoms with Crippen molar-refractivity contribution in [1.82, 2.24) is 9.97 Å². The van der Waals surface area contributed by atoms with Crippen molar-refractivity contribution in [2.75, 3.05) is 10.6 Å². The summed E-state index contributed by atoms with van der Waals surface area (Å²) in [5.41, 5.74) is 1.93. The molecule has 0 bridgehead atoms. The second kappa shape index (κ2) is 8.39. The van der Waals surface area contributed by atoms with Crippen molar-refractivity contribution < 1.29 is 9.13 Å². The normalized spacial score (nSPS) is 10.4. The zero-order valence-corrected chi connectivity index (χ0v) is 15.8. The Balaban J connectivity index is 1.47. The predicted molar refractivity (Wildman–Crippen MR) is 113 cm³/mol. The summed E-state index contributed by atoms with van der Waals surface area (Å²) < 4.78 is 19.7. The second-order valence-electron chi connectivity index (χ2n) is 6.39. The predicted octanol–water partition coefficient (Wildman–Crippen LogP) is 6.20. The van der Waals surface area contributed by atoms with Crippen LogP contribution in [0.5, 0.6) is 11.5 Å². The van der Waals surface area contributed by atoms with Crippen molar-refractivity contribution in [2.45, 2.75) is 6.92 Å². The highest BCUT2D eigenvalue weighted by Crippen LogP contribution is 2.25. The van der Waals surface area contributed by atoms with Gasteiger partial charge in [0, 0.05) is 17.4 Å². The summed E-state index contributed by atoms with van der Waals surface area (Å²) in [7, 11) is 0. The number of nitrogens with one attached hydrogen (secondary N) is 2. The lowest BCUT2D eigenvalue weighted by Gasteiger charge is -2.11. The number of hydrogen-bond donors (Lipinski definition) is 2. The summed E-state index contributed by atoms with van der Waals surface area (Å²) >= 11 is 0. The first kappa shape index (κ1) is 18.4. The molecular weight excluding hydrogens is 367 g/mol. The molecule has 0 aliphatic rings. The number of aromatic nitrogens is 2. The fourth-order valence-corrected chi connectivity index (χ4v) is 2.75. The van der Waals surface area contributed by atoms with Crippen LogP contribution in [0.1, 0.15) is 5.69 Å². The van der Waals surface area contributed by atoms with Crippen LogP contribution in [0.3, 0.4) is 0 Å². The van der Waals surface area contributed by atoms with Crippen LogP contribution in [0.25, 0.3) is 0 Å². The van der Waals surface area contributed by atoms with Crippen LogP contribution in [0.2, 0.25) is 0 Å². The zero-order valence-electron chi connectivity index (χ0n) is 15.8. The molecule has 1 aromatic heterocycles. The quantitative estimate of drug-likeness (QED) is 0.413. The van der Waals surface area contributed by atoms with Gasteiger partial charge in [-0.2, -0.15) is 4.98 Å². The molecule has 3 aromatic carbocycles. The Kier molecular flexibility index (Phi) is 5.33. The van der Waals surface area contributed by atoms with Crippen LogP contribution in [0.4, 0.5) is 27.5 Å². The topological polar surface area (TPSA) is 59.1 Å². The SMILES string of the molecule is Cc1cc(Nc2ccccc2F)nc(Nc2ccc(Oc3ccccc3)cc2)n1. The highest BCUT2D eigenvalue weighted by molar-refractivity contribution is 5.61. The molecule has 0 amide bonds. The molecule has 1 heterocycles. The van der Waals surface area contributed by atoms with Gasteiger partial charge >= 0.3 is 0 Å². The van der Waals surface area contributed by atoms with Gasteiger partial charge in [-0.1, -0.05) is 30.3 Å². The van der Waals surface area contributed by atoms with Gasteiger partial charge in [0.1, 0.15) is 23.1 Å². The Bertz CT molecular complexity index is 1100. The van der Waals surface area contributed by atoms with Crippen molar-refractivity contribution in [1.29, 1.82) is 0 Å². The van der Waals surface area contributed by atoms with E-state index in [1.165, 1.54) is 6.07 Å². The minimum Gasteiger partial charge on any atom is -0.457 e. The van der Waals surface area contributed by atoms with Crippen molar-refractivity contribution in [3.8, 4) is 11.5 Å². The highest BCUT2D eigenvalue weighted by atomic mass is 19.1. The third kappa shape index (κ3) is 4.87. The maximum atomic E-state index is 13.9. The first-order chi connectivity index (χ1) is 14.2. The first-order valence-corrected chi connectivity index (χ1v) is 9.13. The lowest BCUT2D eigenvalue weighted by molar-refractivity contribution is 0.483. The van der Waals surface area contributed by atoms with Crippen LogP contribution >= 0.6 is 0 Å². The molecule has 0 fully saturated rings. The van der Waals surface area contributed by atoms with E-state index in [1.54, 1.807) is 24.3 Å². The number of rotatable bonds is 6. The van der Waals surface area contributed by atoms with E-state index in [2.05, 4.69) is 20.6 Å². The van der Waals surface area contributed by atoms with E-state index in [0.717, 1.165) is 22.9 Å². The van der Waals surface area contributed by atoms with Crippen LogP contribution in [-0.2, 0) is 0 Å². The smallest absolute Gasteiger partial charge is 0.229 e. The van der Waals surface area contributed by atoms with Gasteiger partial charge in [-0.05, 0) is 55.5 Å². The van der Waals surface area contributed by atoms with Gasteiger partial charge in [0.25, 0.3) is 0 Å². The molecule has 2 N–H and O–H groups in total. The maximum absolute atomic E-state index is 13.9. The largest absolute Gasteiger partial charge is 0.457 e. The van der Waals surface area contributed by atoms with Crippen LogP contribution in [-0.4, -0.2) is 9.97 Å². The lowest BCUT2D eigenvalue weighted by atomic mass is 10.3. The number of benzene rings is 3. The third-order valence-electron chi connectivity index (χ3n) is 4.08. The Morgan fingerprint density at radius 1 is 0.759 bits per heavy atom. The van der Waals surface area contributed by atoms with Gasteiger partial charge in [-0.25, -0.2) is 9.37 Å². The van der Waals surface area contributed by atoms with Gasteiger partial charge in [0.05, 0.1) is 5.69 Å². The Morgan fingerprint density at radius 2 is 1.45 bits per heavy atom. The minimum atomic E-state index is -0.340. The standard InChI is InChI=1S/C23H19FN4O/c1-16-15-22(27-21-10-6-5-9-20(21)24)28-23(25-16)26-17-11-13-19(14-12-17)29-18-7-3-2-4-8-18/h2-15H,1H3,(H2,25,26,27,28). The fraction of sp³-hybridized carbons (Fsp3) is 0.0435. The molecule has 4 aromatic rings. The average molecular weight is 386 g/mol. The molecule has 0 aliphatic heterocycles. The van der Waals surface area contributed by atoms with E-state index in [-0.39, 0.29) is 5.82 Å². The van der Waals surface area contributed by atoms with Crippen molar-refractivity contribution >= 4 is 23.1 Å². The van der Waals surface area contributed by atoms with Gasteiger partial charge in [0.15, 0.2) is 0 Å². The Morgan fingerprint density at radius 3 is 2.21 bits per heavy atom. The average Bonchev–Trinajstić information content (AvgIpc) is 2.72. The molecule has 6 heteroatoms. The monoisotopic (exact) mass is 386 g/mol. The van der Waals surface area contributed by atoms with E-state index in [0.29, 0.717) is 17.5 Å². The number of nitrogens with zero attached hydrogens (tertiary/aromatic N) is 2. The van der Waals surface area contributed by atoms with Crippen molar-refractivity contribution in [3.63, 3.8) is 0 Å². The number of halogens is 1. The molecule has 0 atom stereocenters. The first-order valence-electron chi connectivity index (χ1n) is 9.13. The van der Waals surface area contributed by atoms with E-state index >= 15 is 0 Å². The third-order valence-corrected chi connectivity index (χ3v) is 4.08. The van der Waals surface area contributed by atoms with Gasteiger partial charge in [0.2, 0.25) is 5.95 Å². The number of aryl methyl sites for hydroxylation is 1. The van der Waals surface area contributed by atoms with Crippen molar-refractivity contribution in [2.24, 2.45) is 0 Å². The van der Waals surface area contributed by atoms with Crippen LogP contribution in [0, 0.1) is 12.7 Å². The molecule has 4 rings (SSSR count). The molecule has 0 radical (unpaired) electrons. The molecule has 0 saturated carbocycles. The number of para-hydroxylation sites is 2. The maximum Gasteiger partial charge on any atom is 0.229 e. The molecular formula is C23H19FN4O. The molecule has 0 aliphatic carbocycles. The second-order valence-corrected chi connectivity index (χ2v) is 6.39. The molecule has 29 heavy (non-hydrogen) atoms. The summed E-state index contributed by atoms with van der Waals surface area (Å²) in [4.78, 5) is 8.82.